The second-order valence-corrected chi connectivity index (χ2v) is 19.8. The van der Waals surface area contributed by atoms with Crippen molar-refractivity contribution in [2.75, 3.05) is 12.0 Å². The number of aryl methyl sites for hydroxylation is 3. The van der Waals surface area contributed by atoms with Crippen molar-refractivity contribution in [1.82, 2.24) is 0 Å². The molecule has 0 bridgehead atoms. The van der Waals surface area contributed by atoms with Gasteiger partial charge in [0.25, 0.3) is 0 Å². The topological polar surface area (TPSA) is 32.7 Å². The van der Waals surface area contributed by atoms with Crippen molar-refractivity contribution in [2.45, 2.75) is 31.3 Å². The maximum atomic E-state index is 9.91. The molecule has 0 saturated carbocycles. The molecule has 5 rings (SSSR count). The van der Waals surface area contributed by atoms with Crippen LogP contribution in [0.4, 0.5) is 17.1 Å². The van der Waals surface area contributed by atoms with Crippen molar-refractivity contribution < 1.29 is 9.84 Å². The molecule has 0 aliphatic heterocycles. The summed E-state index contributed by atoms with van der Waals surface area (Å²) in [7, 11) is 1.71. The Balaban J connectivity index is 1.51. The molecule has 0 amide bonds. The van der Waals surface area contributed by atoms with Crippen LogP contribution in [0.25, 0.3) is 0 Å². The molecule has 0 fully saturated rings. The van der Waals surface area contributed by atoms with Gasteiger partial charge in [-0.05, 0) is 0 Å². The third-order valence-electron chi connectivity index (χ3n) is 7.92. The number of anilines is 3. The van der Waals surface area contributed by atoms with Gasteiger partial charge in [-0.2, -0.15) is 0 Å². The average Bonchev–Trinajstić information content (AvgIpc) is 2.99. The van der Waals surface area contributed by atoms with Crippen LogP contribution in [0.15, 0.2) is 121 Å². The normalized spacial score (nSPS) is 12.5. The molecule has 0 radical (unpaired) electrons. The number of rotatable bonds is 9. The van der Waals surface area contributed by atoms with Gasteiger partial charge in [0, 0.05) is 0 Å². The molecule has 3 nitrogen and oxygen atoms in total. The maximum absolute atomic E-state index is 9.91. The van der Waals surface area contributed by atoms with Gasteiger partial charge in [0.1, 0.15) is 0 Å². The van der Waals surface area contributed by atoms with Gasteiger partial charge in [-0.15, -0.1) is 0 Å². The minimum atomic E-state index is -2.70. The van der Waals surface area contributed by atoms with Gasteiger partial charge in [0.15, 0.2) is 0 Å². The molecule has 0 heterocycles. The third kappa shape index (κ3) is 6.10. The van der Waals surface area contributed by atoms with E-state index in [4.69, 9.17) is 4.74 Å². The van der Waals surface area contributed by atoms with Crippen LogP contribution in [0.5, 0.6) is 11.5 Å². The second kappa shape index (κ2) is 12.1. The molecule has 0 aliphatic carbocycles. The number of hydrogen-bond donors (Lipinski definition) is 1. The van der Waals surface area contributed by atoms with Crippen LogP contribution >= 0.6 is 0 Å². The third-order valence-corrected chi connectivity index (χ3v) is 17.3. The quantitative estimate of drug-likeness (QED) is 0.178. The number of nitrogens with zero attached hydrogens (tertiary/aromatic N) is 1. The van der Waals surface area contributed by atoms with Crippen molar-refractivity contribution in [3.63, 3.8) is 0 Å². The van der Waals surface area contributed by atoms with Crippen molar-refractivity contribution in [3.05, 3.63) is 138 Å². The Morgan fingerprint density at radius 2 is 1.02 bits per heavy atom. The van der Waals surface area contributed by atoms with Gasteiger partial charge in [0.2, 0.25) is 0 Å². The number of benzene rings is 5. The summed E-state index contributed by atoms with van der Waals surface area (Å²) in [6.07, 6.45) is 1.04. The fourth-order valence-corrected chi connectivity index (χ4v) is 12.6. The van der Waals surface area contributed by atoms with E-state index in [9.17, 15) is 5.11 Å². The van der Waals surface area contributed by atoms with E-state index >= 15 is 0 Å². The number of methoxy groups -OCH3 is 1. The van der Waals surface area contributed by atoms with Gasteiger partial charge >= 0.3 is 242 Å². The van der Waals surface area contributed by atoms with Crippen LogP contribution in [0.3, 0.4) is 0 Å². The number of phenolic OH excluding ortho intramolecular Hbond substituents is 1. The number of ether oxygens (including phenoxy) is 1. The summed E-state index contributed by atoms with van der Waals surface area (Å²) in [5.41, 5.74) is 7.06. The van der Waals surface area contributed by atoms with E-state index in [-0.39, 0.29) is 5.75 Å². The number of phenols is 1. The molecule has 0 aromatic heterocycles. The molecule has 0 aliphatic rings. The van der Waals surface area contributed by atoms with Crippen molar-refractivity contribution in [1.29, 1.82) is 0 Å². The van der Waals surface area contributed by atoms with Crippen LogP contribution in [0.1, 0.15) is 16.7 Å². The average molecular weight is 588 g/mol. The van der Waals surface area contributed by atoms with Crippen molar-refractivity contribution >= 4 is 39.1 Å². The number of hydrogen-bond acceptors (Lipinski definition) is 3. The minimum absolute atomic E-state index is 0.266. The number of aromatic hydroxyl groups is 1. The first-order valence-corrected chi connectivity index (χ1v) is 19.5. The molecule has 202 valence electrons. The molecular weight excluding hydrogens is 551 g/mol. The molecule has 1 N–H and O–H groups in total. The molecule has 40 heavy (non-hydrogen) atoms. The van der Waals surface area contributed by atoms with E-state index in [2.05, 4.69) is 122 Å². The zero-order valence-electron chi connectivity index (χ0n) is 23.8. The summed E-state index contributed by atoms with van der Waals surface area (Å²) in [5.74, 6) is 3.71. The monoisotopic (exact) mass is 589 g/mol. The molecule has 4 heteroatoms. The Labute approximate surface area is 241 Å². The second-order valence-electron chi connectivity index (χ2n) is 10.8. The Morgan fingerprint density at radius 3 is 1.52 bits per heavy atom. The van der Waals surface area contributed by atoms with Crippen LogP contribution in [-0.4, -0.2) is 25.5 Å². The molecular formula is C36H37GeNO2. The first kappa shape index (κ1) is 27.6. The fourth-order valence-electron chi connectivity index (χ4n) is 5.28. The molecule has 5 aromatic rings. The zero-order chi connectivity index (χ0) is 28.1. The van der Waals surface area contributed by atoms with Crippen LogP contribution in [0.2, 0.25) is 11.0 Å². The van der Waals surface area contributed by atoms with Crippen LogP contribution in [0, 0.1) is 13.8 Å². The molecule has 1 atom stereocenters. The standard InChI is InChI=1S/C36H37GeNO2/c1-27-5-11-30(12-6-27)37(3,26-25-29-9-23-36(40-4)24-10-29)31-13-17-33(18-14-31)38(32-15-7-28(2)8-16-32)34-19-21-35(39)22-20-34/h5-24,39H,25-26H2,1-4H3. The van der Waals surface area contributed by atoms with Gasteiger partial charge in [-0.25, -0.2) is 0 Å². The molecule has 0 saturated heterocycles. The van der Waals surface area contributed by atoms with E-state index in [1.165, 1.54) is 25.5 Å². The van der Waals surface area contributed by atoms with Crippen LogP contribution < -0.4 is 18.4 Å². The van der Waals surface area contributed by atoms with E-state index in [0.29, 0.717) is 0 Å². The van der Waals surface area contributed by atoms with E-state index < -0.39 is 13.3 Å². The Hall–Kier alpha value is -3.96. The molecule has 5 aromatic carbocycles. The van der Waals surface area contributed by atoms with Gasteiger partial charge in [0.05, 0.1) is 0 Å². The van der Waals surface area contributed by atoms with Crippen molar-refractivity contribution in [3.8, 4) is 11.5 Å². The summed E-state index contributed by atoms with van der Waals surface area (Å²) in [6.45, 7) is 4.26. The summed E-state index contributed by atoms with van der Waals surface area (Å²) in [4.78, 5) is 2.25. The predicted molar refractivity (Wildman–Crippen MR) is 171 cm³/mol. The summed E-state index contributed by atoms with van der Waals surface area (Å²) in [5, 5.41) is 11.1. The SMILES string of the molecule is COc1ccc(C[CH2][Ge]([CH3])([c]2ccc(C)cc2)[c]2ccc(N(c3ccc(C)cc3)c3ccc(O)cc3)cc2)cc1. The van der Waals surface area contributed by atoms with Crippen LogP contribution in [-0.2, 0) is 6.42 Å². The van der Waals surface area contributed by atoms with E-state index in [0.717, 1.165) is 34.5 Å². The van der Waals surface area contributed by atoms with Gasteiger partial charge in [-0.3, -0.25) is 0 Å². The van der Waals surface area contributed by atoms with Gasteiger partial charge in [-0.1, -0.05) is 0 Å². The summed E-state index contributed by atoms with van der Waals surface area (Å²) < 4.78 is 8.33. The van der Waals surface area contributed by atoms with Gasteiger partial charge < -0.3 is 0 Å². The molecule has 0 spiro atoms. The predicted octanol–water partition coefficient (Wildman–Crippen LogP) is 7.92. The van der Waals surface area contributed by atoms with E-state index in [1.54, 1.807) is 19.2 Å². The Kier molecular flexibility index (Phi) is 8.32. The Bertz CT molecular complexity index is 1480. The molecule has 1 unspecified atom stereocenters. The Morgan fingerprint density at radius 1 is 0.600 bits per heavy atom. The first-order chi connectivity index (χ1) is 19.4. The van der Waals surface area contributed by atoms with E-state index in [1.807, 2.05) is 12.1 Å². The zero-order valence-corrected chi connectivity index (χ0v) is 25.9. The fraction of sp³-hybridized carbons (Fsp3) is 0.167. The van der Waals surface area contributed by atoms with Crippen molar-refractivity contribution in [2.24, 2.45) is 0 Å². The summed E-state index contributed by atoms with van der Waals surface area (Å²) >= 11 is -2.70. The first-order valence-electron chi connectivity index (χ1n) is 13.8. The summed E-state index contributed by atoms with van der Waals surface area (Å²) in [6, 6.07) is 42.9.